The first-order valence-electron chi connectivity index (χ1n) is 9.45. The number of aliphatic carboxylic acids is 2. The molecule has 0 aliphatic carbocycles. The molecule has 0 fully saturated rings. The highest BCUT2D eigenvalue weighted by Gasteiger charge is 2.38. The van der Waals surface area contributed by atoms with Gasteiger partial charge in [-0.15, -0.1) is 5.92 Å². The smallest absolute Gasteiger partial charge is 0.481 e. The molecule has 12 heteroatoms. The summed E-state index contributed by atoms with van der Waals surface area (Å²) in [5.41, 5.74) is 1.35. The Hall–Kier alpha value is -3.78. The molecule has 3 N–H and O–H groups in total. The largest absolute Gasteiger partial charge is 0.490 e. The molecule has 1 heterocycles. The Morgan fingerprint density at radius 2 is 1.76 bits per heavy atom. The lowest BCUT2D eigenvalue weighted by Gasteiger charge is -2.15. The van der Waals surface area contributed by atoms with Crippen molar-refractivity contribution in [1.29, 1.82) is 0 Å². The minimum absolute atomic E-state index is 0.0783. The van der Waals surface area contributed by atoms with Crippen molar-refractivity contribution < 1.29 is 42.5 Å². The third kappa shape index (κ3) is 10.2. The number of anilines is 1. The van der Waals surface area contributed by atoms with E-state index in [-0.39, 0.29) is 12.3 Å². The summed E-state index contributed by atoms with van der Waals surface area (Å²) in [6.07, 6.45) is -2.97. The van der Waals surface area contributed by atoms with Gasteiger partial charge in [0, 0.05) is 18.0 Å². The number of rotatable bonds is 7. The van der Waals surface area contributed by atoms with E-state index in [9.17, 15) is 22.8 Å². The molecule has 0 aliphatic rings. The van der Waals surface area contributed by atoms with Crippen molar-refractivity contribution in [2.45, 2.75) is 38.5 Å². The summed E-state index contributed by atoms with van der Waals surface area (Å²) < 4.78 is 37.3. The Morgan fingerprint density at radius 3 is 2.24 bits per heavy atom. The third-order valence-electron chi connectivity index (χ3n) is 3.88. The number of hydrogen-bond donors (Lipinski definition) is 3. The number of halogens is 4. The molecule has 1 aromatic heterocycles. The first kappa shape index (κ1) is 28.3. The van der Waals surface area contributed by atoms with Gasteiger partial charge in [-0.05, 0) is 31.5 Å². The van der Waals surface area contributed by atoms with Crippen molar-refractivity contribution in [2.24, 2.45) is 0 Å². The van der Waals surface area contributed by atoms with Crippen LogP contribution in [0.2, 0.25) is 5.02 Å². The summed E-state index contributed by atoms with van der Waals surface area (Å²) in [4.78, 5) is 36.0. The van der Waals surface area contributed by atoms with Gasteiger partial charge in [0.25, 0.3) is 5.91 Å². The van der Waals surface area contributed by atoms with E-state index in [1.807, 2.05) is 0 Å². The second-order valence-electron chi connectivity index (χ2n) is 6.56. The van der Waals surface area contributed by atoms with Gasteiger partial charge in [0.05, 0.1) is 23.6 Å². The molecule has 2 rings (SSSR count). The van der Waals surface area contributed by atoms with Crippen molar-refractivity contribution in [1.82, 2.24) is 4.98 Å². The molecule has 2 unspecified atom stereocenters. The molecule has 0 radical (unpaired) electrons. The maximum Gasteiger partial charge on any atom is 0.490 e. The van der Waals surface area contributed by atoms with E-state index < -0.39 is 30.1 Å². The topological polar surface area (TPSA) is 126 Å². The Kier molecular flexibility index (Phi) is 10.8. The molecule has 0 spiro atoms. The van der Waals surface area contributed by atoms with Gasteiger partial charge in [0.2, 0.25) is 0 Å². The van der Waals surface area contributed by atoms with Crippen molar-refractivity contribution in [3.05, 3.63) is 53.3 Å². The first-order valence-corrected chi connectivity index (χ1v) is 9.83. The van der Waals surface area contributed by atoms with Gasteiger partial charge in [0.15, 0.2) is 6.10 Å². The molecule has 0 aliphatic heterocycles. The zero-order chi connectivity index (χ0) is 25.9. The molecule has 2 aromatic rings. The second-order valence-corrected chi connectivity index (χ2v) is 6.99. The number of hydrogen-bond acceptors (Lipinski definition) is 5. The quantitative estimate of drug-likeness (QED) is 0.482. The number of benzene rings is 1. The van der Waals surface area contributed by atoms with Gasteiger partial charge >= 0.3 is 18.1 Å². The van der Waals surface area contributed by atoms with Crippen LogP contribution < -0.4 is 10.1 Å². The van der Waals surface area contributed by atoms with Crippen LogP contribution in [0.3, 0.4) is 0 Å². The Morgan fingerprint density at radius 1 is 1.18 bits per heavy atom. The number of alkyl halides is 3. The van der Waals surface area contributed by atoms with Crippen LogP contribution in [0, 0.1) is 11.8 Å². The number of ether oxygens (including phenoxy) is 1. The van der Waals surface area contributed by atoms with Crippen molar-refractivity contribution in [2.75, 3.05) is 5.32 Å². The Balaban J connectivity index is 0.000000718. The molecule has 182 valence electrons. The third-order valence-corrected chi connectivity index (χ3v) is 4.09. The highest BCUT2D eigenvalue weighted by molar-refractivity contribution is 6.30. The van der Waals surface area contributed by atoms with Crippen LogP contribution in [-0.4, -0.2) is 45.3 Å². The van der Waals surface area contributed by atoms with Gasteiger partial charge in [-0.1, -0.05) is 29.7 Å². The number of amides is 1. The zero-order valence-corrected chi connectivity index (χ0v) is 18.6. The van der Waals surface area contributed by atoms with E-state index >= 15 is 0 Å². The lowest BCUT2D eigenvalue weighted by molar-refractivity contribution is -0.192. The molecule has 8 nitrogen and oxygen atoms in total. The Labute approximate surface area is 197 Å². The lowest BCUT2D eigenvalue weighted by atomic mass is 9.96. The predicted octanol–water partition coefficient (Wildman–Crippen LogP) is 4.36. The molecule has 34 heavy (non-hydrogen) atoms. The SMILES string of the molecule is CC#CC(CC(=O)O)c1ccc(NC(=O)C(C)Oc2cncc(Cl)c2)cc1.O=C(O)C(F)(F)F. The van der Waals surface area contributed by atoms with Crippen molar-refractivity contribution >= 4 is 35.1 Å². The van der Waals surface area contributed by atoms with Crippen molar-refractivity contribution in [3.63, 3.8) is 0 Å². The molecule has 2 atom stereocenters. The fourth-order valence-electron chi connectivity index (χ4n) is 2.36. The highest BCUT2D eigenvalue weighted by atomic mass is 35.5. The summed E-state index contributed by atoms with van der Waals surface area (Å²) in [5.74, 6) is 1.63. The lowest BCUT2D eigenvalue weighted by Crippen LogP contribution is -2.30. The highest BCUT2D eigenvalue weighted by Crippen LogP contribution is 2.22. The average molecular weight is 501 g/mol. The van der Waals surface area contributed by atoms with Gasteiger partial charge < -0.3 is 20.3 Å². The van der Waals surface area contributed by atoms with Crippen LogP contribution in [0.25, 0.3) is 0 Å². The van der Waals surface area contributed by atoms with E-state index in [1.54, 1.807) is 44.2 Å². The monoisotopic (exact) mass is 500 g/mol. The standard InChI is InChI=1S/C20H19ClN2O4.C2HF3O2/c1-3-4-15(9-19(24)25)14-5-7-17(8-6-14)23-20(26)13(2)27-18-10-16(21)11-22-12-18;3-2(4,5)1(6)7/h5-8,10-13,15H,9H2,1-2H3,(H,23,26)(H,24,25);(H,6,7). The summed E-state index contributed by atoms with van der Waals surface area (Å²) in [6, 6.07) is 8.48. The number of carbonyl (C=O) groups excluding carboxylic acids is 1. The van der Waals surface area contributed by atoms with E-state index in [4.69, 9.17) is 31.3 Å². The summed E-state index contributed by atoms with van der Waals surface area (Å²) in [6.45, 7) is 3.28. The van der Waals surface area contributed by atoms with E-state index in [2.05, 4.69) is 22.1 Å². The predicted molar refractivity (Wildman–Crippen MR) is 117 cm³/mol. The first-order chi connectivity index (χ1) is 15.8. The number of nitrogens with one attached hydrogen (secondary N) is 1. The number of carbonyl (C=O) groups is 3. The maximum absolute atomic E-state index is 12.3. The Bertz CT molecular complexity index is 1060. The molecule has 1 amide bonds. The van der Waals surface area contributed by atoms with Crippen LogP contribution in [-0.2, 0) is 14.4 Å². The fourth-order valence-corrected chi connectivity index (χ4v) is 2.52. The van der Waals surface area contributed by atoms with Crippen LogP contribution in [0.1, 0.15) is 31.7 Å². The molecule has 1 aromatic carbocycles. The zero-order valence-electron chi connectivity index (χ0n) is 17.9. The van der Waals surface area contributed by atoms with Crippen LogP contribution in [0.15, 0.2) is 42.7 Å². The van der Waals surface area contributed by atoms with Crippen LogP contribution in [0.4, 0.5) is 18.9 Å². The average Bonchev–Trinajstić information content (AvgIpc) is 2.73. The molecular weight excluding hydrogens is 481 g/mol. The maximum atomic E-state index is 12.3. The van der Waals surface area contributed by atoms with Gasteiger partial charge in [-0.2, -0.15) is 13.2 Å². The normalized spacial score (nSPS) is 12.1. The molecule has 0 saturated heterocycles. The molecular formula is C22H20ClF3N2O6. The van der Waals surface area contributed by atoms with Gasteiger partial charge in [0.1, 0.15) is 5.75 Å². The van der Waals surface area contributed by atoms with E-state index in [0.29, 0.717) is 16.5 Å². The van der Waals surface area contributed by atoms with Crippen molar-refractivity contribution in [3.8, 4) is 17.6 Å². The number of nitrogens with zero attached hydrogens (tertiary/aromatic N) is 1. The van der Waals surface area contributed by atoms with Crippen LogP contribution >= 0.6 is 11.6 Å². The van der Waals surface area contributed by atoms with E-state index in [0.717, 1.165) is 5.56 Å². The molecule has 0 bridgehead atoms. The van der Waals surface area contributed by atoms with Gasteiger partial charge in [-0.3, -0.25) is 14.6 Å². The number of carboxylic acid groups (broad SMARTS) is 2. The fraction of sp³-hybridized carbons (Fsp3) is 0.273. The molecule has 0 saturated carbocycles. The van der Waals surface area contributed by atoms with E-state index in [1.165, 1.54) is 12.4 Å². The number of pyridine rings is 1. The number of aromatic nitrogens is 1. The number of carboxylic acids is 2. The minimum Gasteiger partial charge on any atom is -0.481 e. The second kappa shape index (κ2) is 13.1. The summed E-state index contributed by atoms with van der Waals surface area (Å²) >= 11 is 5.84. The van der Waals surface area contributed by atoms with Gasteiger partial charge in [-0.25, -0.2) is 4.79 Å². The summed E-state index contributed by atoms with van der Waals surface area (Å²) in [7, 11) is 0. The minimum atomic E-state index is -5.08. The summed E-state index contributed by atoms with van der Waals surface area (Å²) in [5, 5.41) is 19.3. The van der Waals surface area contributed by atoms with Crippen LogP contribution in [0.5, 0.6) is 5.75 Å².